The van der Waals surface area contributed by atoms with Crippen molar-refractivity contribution in [2.45, 2.75) is 58.5 Å². The molecule has 1 fully saturated rings. The Morgan fingerprint density at radius 3 is 2.44 bits per heavy atom. The first kappa shape index (κ1) is 31.7. The lowest BCUT2D eigenvalue weighted by Gasteiger charge is -2.47. The number of thiophene rings is 1. The predicted molar refractivity (Wildman–Crippen MR) is 160 cm³/mol. The average Bonchev–Trinajstić information content (AvgIpc) is 3.35. The van der Waals surface area contributed by atoms with Crippen LogP contribution in [-0.2, 0) is 25.6 Å². The van der Waals surface area contributed by atoms with Gasteiger partial charge in [0.1, 0.15) is 12.2 Å². The van der Waals surface area contributed by atoms with E-state index in [9.17, 15) is 29.6 Å². The van der Waals surface area contributed by atoms with Crippen molar-refractivity contribution in [1.82, 2.24) is 10.3 Å². The van der Waals surface area contributed by atoms with Crippen molar-refractivity contribution < 1.29 is 34.2 Å². The number of hydrogen-bond acceptors (Lipinski definition) is 9. The molecule has 0 saturated heterocycles. The zero-order valence-corrected chi connectivity index (χ0v) is 25.1. The first-order valence-electron chi connectivity index (χ1n) is 14.0. The summed E-state index contributed by atoms with van der Waals surface area (Å²) in [5.41, 5.74) is -2.21. The number of aromatic nitrogens is 1. The molecular weight excluding hydrogens is 576 g/mol. The summed E-state index contributed by atoms with van der Waals surface area (Å²) >= 11 is 1.32. The molecule has 3 N–H and O–H groups in total. The van der Waals surface area contributed by atoms with E-state index in [0.717, 1.165) is 15.6 Å². The number of anilines is 1. The molecule has 1 saturated carbocycles. The van der Waals surface area contributed by atoms with Gasteiger partial charge in [0, 0.05) is 24.4 Å². The summed E-state index contributed by atoms with van der Waals surface area (Å²) in [5.74, 6) is -2.45. The second-order valence-corrected chi connectivity index (χ2v) is 13.1. The van der Waals surface area contributed by atoms with Gasteiger partial charge in [-0.3, -0.25) is 14.6 Å². The number of carbonyl (C=O) groups is 3. The third-order valence-electron chi connectivity index (χ3n) is 7.97. The molecular formula is C30H36N4O8S. The number of carbonyl (C=O) groups excluding carboxylic acids is 2. The number of nitrogens with zero attached hydrogens (tertiary/aromatic N) is 2. The first-order valence-corrected chi connectivity index (χ1v) is 14.8. The number of carboxylic acids is 1. The van der Waals surface area contributed by atoms with Gasteiger partial charge >= 0.3 is 12.1 Å². The molecule has 12 nitrogen and oxygen atoms in total. The van der Waals surface area contributed by atoms with Crippen molar-refractivity contribution in [3.63, 3.8) is 0 Å². The number of rotatable bonds is 11. The standard InChI is InChI=1S/C30H36N4O8S/c1-28(2,3)42-27(38)32-17-22(25(35)33-24-15-21-9-14-31-18-23(21)43-24)30(19-41-34(39)40)12-10-29(11-13-30,26(36)37)16-20-7-5-4-6-8-20/h4-9,14-15,18,22H,10-13,16-17,19H2,1-3H3,(H,32,38)(H,33,35)(H,36,37). The minimum Gasteiger partial charge on any atom is -0.481 e. The number of hydrogen-bond donors (Lipinski definition) is 3. The van der Waals surface area contributed by atoms with Gasteiger partial charge in [-0.25, -0.2) is 4.79 Å². The highest BCUT2D eigenvalue weighted by atomic mass is 32.1. The minimum absolute atomic E-state index is 0.143. The number of nitrogens with one attached hydrogen (secondary N) is 2. The molecule has 0 radical (unpaired) electrons. The van der Waals surface area contributed by atoms with Crippen molar-refractivity contribution in [2.75, 3.05) is 18.5 Å². The van der Waals surface area contributed by atoms with E-state index >= 15 is 0 Å². The molecule has 1 aliphatic rings. The summed E-state index contributed by atoms with van der Waals surface area (Å²) in [6.45, 7) is 4.48. The van der Waals surface area contributed by atoms with Crippen LogP contribution >= 0.6 is 11.3 Å². The molecule has 3 aromatic rings. The molecule has 0 spiro atoms. The first-order chi connectivity index (χ1) is 20.3. The summed E-state index contributed by atoms with van der Waals surface area (Å²) < 4.78 is 6.23. The third-order valence-corrected chi connectivity index (χ3v) is 8.97. The third kappa shape index (κ3) is 7.98. The number of pyridine rings is 1. The number of amides is 2. The molecule has 1 unspecified atom stereocenters. The van der Waals surface area contributed by atoms with E-state index in [2.05, 4.69) is 15.6 Å². The van der Waals surface area contributed by atoms with Crippen LogP contribution in [0.4, 0.5) is 9.80 Å². The summed E-state index contributed by atoms with van der Waals surface area (Å²) in [6.07, 6.45) is 3.45. The summed E-state index contributed by atoms with van der Waals surface area (Å²) in [5, 5.41) is 27.8. The lowest BCUT2D eigenvalue weighted by molar-refractivity contribution is -0.761. The topological polar surface area (TPSA) is 170 Å². The smallest absolute Gasteiger partial charge is 0.407 e. The Bertz CT molecular complexity index is 1430. The molecule has 2 heterocycles. The van der Waals surface area contributed by atoms with Crippen LogP contribution in [0.2, 0.25) is 0 Å². The maximum absolute atomic E-state index is 14.0. The van der Waals surface area contributed by atoms with Gasteiger partial charge in [0.2, 0.25) is 5.91 Å². The summed E-state index contributed by atoms with van der Waals surface area (Å²) in [6, 6.07) is 12.9. The van der Waals surface area contributed by atoms with Crippen molar-refractivity contribution in [1.29, 1.82) is 0 Å². The van der Waals surface area contributed by atoms with Gasteiger partial charge in [-0.2, -0.15) is 0 Å². The molecule has 4 rings (SSSR count). The Labute approximate surface area is 252 Å². The highest BCUT2D eigenvalue weighted by Gasteiger charge is 2.52. The van der Waals surface area contributed by atoms with E-state index in [1.165, 1.54) is 11.3 Å². The van der Waals surface area contributed by atoms with Crippen LogP contribution in [0.1, 0.15) is 52.0 Å². The van der Waals surface area contributed by atoms with Crippen LogP contribution in [0.15, 0.2) is 54.9 Å². The van der Waals surface area contributed by atoms with Crippen LogP contribution in [0.5, 0.6) is 0 Å². The Morgan fingerprint density at radius 2 is 1.84 bits per heavy atom. The number of fused-ring (bicyclic) bond motifs is 1. The van der Waals surface area contributed by atoms with Crippen molar-refractivity contribution in [3.8, 4) is 0 Å². The second-order valence-electron chi connectivity index (χ2n) is 12.1. The normalized spacial score (nSPS) is 21.0. The Kier molecular flexibility index (Phi) is 9.53. The van der Waals surface area contributed by atoms with E-state index in [4.69, 9.17) is 9.57 Å². The van der Waals surface area contributed by atoms with Crippen LogP contribution in [-0.4, -0.2) is 51.9 Å². The van der Waals surface area contributed by atoms with Crippen LogP contribution < -0.4 is 10.6 Å². The number of benzene rings is 1. The van der Waals surface area contributed by atoms with E-state index in [1.807, 2.05) is 36.4 Å². The van der Waals surface area contributed by atoms with Crippen molar-refractivity contribution in [3.05, 3.63) is 70.5 Å². The minimum atomic E-state index is -1.15. The summed E-state index contributed by atoms with van der Waals surface area (Å²) in [4.78, 5) is 59.6. The van der Waals surface area contributed by atoms with E-state index in [1.54, 1.807) is 39.2 Å². The fourth-order valence-electron chi connectivity index (χ4n) is 5.70. The van der Waals surface area contributed by atoms with Crippen molar-refractivity contribution in [2.24, 2.45) is 16.7 Å². The molecule has 1 atom stereocenters. The zero-order valence-electron chi connectivity index (χ0n) is 24.3. The lowest BCUT2D eigenvalue weighted by Crippen LogP contribution is -2.52. The van der Waals surface area contributed by atoms with Gasteiger partial charge in [-0.05, 0) is 76.0 Å². The number of carboxylic acid groups (broad SMARTS) is 1. The quantitative estimate of drug-likeness (QED) is 0.188. The molecule has 230 valence electrons. The number of alkyl carbamates (subject to hydrolysis) is 1. The molecule has 13 heteroatoms. The van der Waals surface area contributed by atoms with Crippen LogP contribution in [0, 0.1) is 26.9 Å². The van der Waals surface area contributed by atoms with E-state index in [0.29, 0.717) is 5.00 Å². The molecule has 2 amide bonds. The molecule has 2 aromatic heterocycles. The second kappa shape index (κ2) is 12.9. The lowest BCUT2D eigenvalue weighted by atomic mass is 9.57. The fraction of sp³-hybridized carbons (Fsp3) is 0.467. The van der Waals surface area contributed by atoms with Crippen LogP contribution in [0.25, 0.3) is 10.1 Å². The predicted octanol–water partition coefficient (Wildman–Crippen LogP) is 5.46. The Morgan fingerprint density at radius 1 is 1.14 bits per heavy atom. The van der Waals surface area contributed by atoms with E-state index in [-0.39, 0.29) is 38.6 Å². The van der Waals surface area contributed by atoms with Gasteiger partial charge in [0.25, 0.3) is 5.09 Å². The SMILES string of the molecule is CC(C)(C)OC(=O)NCC(C(=O)Nc1cc2ccncc2s1)C1(CO[N+](=O)[O-])CCC(Cc2ccccc2)(C(=O)O)CC1. The van der Waals surface area contributed by atoms with Crippen LogP contribution in [0.3, 0.4) is 0 Å². The molecule has 1 aliphatic carbocycles. The number of aliphatic carboxylic acids is 1. The van der Waals surface area contributed by atoms with Gasteiger partial charge in [-0.15, -0.1) is 21.5 Å². The number of ether oxygens (including phenoxy) is 1. The monoisotopic (exact) mass is 612 g/mol. The van der Waals surface area contributed by atoms with E-state index < -0.39 is 52.0 Å². The largest absolute Gasteiger partial charge is 0.481 e. The molecule has 0 bridgehead atoms. The average molecular weight is 613 g/mol. The Balaban J connectivity index is 1.65. The van der Waals surface area contributed by atoms with Gasteiger partial charge in [0.15, 0.2) is 0 Å². The highest BCUT2D eigenvalue weighted by Crippen LogP contribution is 2.51. The highest BCUT2D eigenvalue weighted by molar-refractivity contribution is 7.22. The molecule has 1 aromatic carbocycles. The maximum Gasteiger partial charge on any atom is 0.407 e. The van der Waals surface area contributed by atoms with Crippen molar-refractivity contribution >= 4 is 44.4 Å². The molecule has 43 heavy (non-hydrogen) atoms. The maximum atomic E-state index is 14.0. The van der Waals surface area contributed by atoms with Gasteiger partial charge in [0.05, 0.1) is 21.0 Å². The van der Waals surface area contributed by atoms with Gasteiger partial charge < -0.3 is 25.3 Å². The summed E-state index contributed by atoms with van der Waals surface area (Å²) in [7, 11) is 0. The zero-order chi connectivity index (χ0) is 31.3. The Hall–Kier alpha value is -4.26. The molecule has 0 aliphatic heterocycles. The van der Waals surface area contributed by atoms with Gasteiger partial charge in [-0.1, -0.05) is 30.3 Å². The fourth-order valence-corrected chi connectivity index (χ4v) is 6.63.